The zero-order valence-corrected chi connectivity index (χ0v) is 11.2. The first-order chi connectivity index (χ1) is 8.75. The number of thioether (sulfide) groups is 1. The summed E-state index contributed by atoms with van der Waals surface area (Å²) >= 11 is 1.49. The van der Waals surface area contributed by atoms with E-state index in [-0.39, 0.29) is 11.8 Å². The number of alkyl halides is 3. The van der Waals surface area contributed by atoms with Gasteiger partial charge in [0.2, 0.25) is 0 Å². The number of benzene rings is 1. The lowest BCUT2D eigenvalue weighted by Crippen LogP contribution is -2.30. The fraction of sp³-hybridized carbons (Fsp3) is 0.417. The normalized spacial score (nSPS) is 13.2. The number of amides is 1. The van der Waals surface area contributed by atoms with Crippen molar-refractivity contribution in [2.24, 2.45) is 0 Å². The molecule has 0 fully saturated rings. The molecular formula is C12H13F4NOS. The lowest BCUT2D eigenvalue weighted by atomic mass is 10.1. The second kappa shape index (κ2) is 6.27. The van der Waals surface area contributed by atoms with Gasteiger partial charge in [-0.05, 0) is 24.5 Å². The highest BCUT2D eigenvalue weighted by Gasteiger charge is 2.31. The van der Waals surface area contributed by atoms with Gasteiger partial charge in [-0.15, -0.1) is 0 Å². The smallest absolute Gasteiger partial charge is 0.351 e. The van der Waals surface area contributed by atoms with Gasteiger partial charge in [0.15, 0.2) is 0 Å². The van der Waals surface area contributed by atoms with E-state index in [0.29, 0.717) is 18.2 Å². The van der Waals surface area contributed by atoms with Crippen LogP contribution in [0, 0.1) is 5.82 Å². The van der Waals surface area contributed by atoms with Gasteiger partial charge in [-0.25, -0.2) is 4.39 Å². The van der Waals surface area contributed by atoms with Crippen LogP contribution in [0.3, 0.4) is 0 Å². The lowest BCUT2D eigenvalue weighted by Gasteiger charge is -2.12. The monoisotopic (exact) mass is 295 g/mol. The summed E-state index contributed by atoms with van der Waals surface area (Å²) in [5.74, 6) is -1.81. The summed E-state index contributed by atoms with van der Waals surface area (Å²) in [6.07, 6.45) is -2.77. The van der Waals surface area contributed by atoms with Crippen molar-refractivity contribution >= 4 is 17.7 Å². The third-order valence-corrected chi connectivity index (χ3v) is 3.46. The molecular weight excluding hydrogens is 282 g/mol. The molecule has 1 unspecified atom stereocenters. The average Bonchev–Trinajstić information content (AvgIpc) is 2.34. The molecule has 1 rings (SSSR count). The molecule has 0 spiro atoms. The third-order valence-electron chi connectivity index (χ3n) is 2.49. The Hall–Kier alpha value is -1.24. The van der Waals surface area contributed by atoms with Crippen LogP contribution in [0.15, 0.2) is 18.2 Å². The minimum Gasteiger partial charge on any atom is -0.351 e. The van der Waals surface area contributed by atoms with Crippen LogP contribution < -0.4 is 5.32 Å². The first-order valence-corrected chi connectivity index (χ1v) is 6.72. The number of halogens is 4. The molecule has 0 saturated heterocycles. The van der Waals surface area contributed by atoms with Crippen LogP contribution in [0.5, 0.6) is 0 Å². The highest BCUT2D eigenvalue weighted by Crippen LogP contribution is 2.30. The Morgan fingerprint density at radius 3 is 2.58 bits per heavy atom. The van der Waals surface area contributed by atoms with Crippen molar-refractivity contribution in [1.82, 2.24) is 5.32 Å². The maximum atomic E-state index is 13.4. The fourth-order valence-corrected chi connectivity index (χ4v) is 1.54. The number of hydrogen-bond acceptors (Lipinski definition) is 2. The summed E-state index contributed by atoms with van der Waals surface area (Å²) in [5.41, 5.74) is -1.64. The average molecular weight is 295 g/mol. The molecule has 7 heteroatoms. The Balaban J connectivity index is 2.90. The van der Waals surface area contributed by atoms with Gasteiger partial charge < -0.3 is 5.32 Å². The molecule has 0 bridgehead atoms. The molecule has 0 aromatic heterocycles. The zero-order chi connectivity index (χ0) is 14.6. The van der Waals surface area contributed by atoms with E-state index in [4.69, 9.17) is 0 Å². The summed E-state index contributed by atoms with van der Waals surface area (Å²) in [4.78, 5) is 11.6. The Labute approximate surface area is 112 Å². The third kappa shape index (κ3) is 4.41. The van der Waals surface area contributed by atoms with Crippen molar-refractivity contribution < 1.29 is 22.4 Å². The lowest BCUT2D eigenvalue weighted by molar-refractivity contribution is -0.137. The highest BCUT2D eigenvalue weighted by molar-refractivity contribution is 7.99. The van der Waals surface area contributed by atoms with Gasteiger partial charge in [-0.2, -0.15) is 24.9 Å². The Kier molecular flexibility index (Phi) is 5.22. The summed E-state index contributed by atoms with van der Waals surface area (Å²) < 4.78 is 50.8. The number of rotatable bonds is 4. The molecule has 0 heterocycles. The van der Waals surface area contributed by atoms with E-state index in [1.54, 1.807) is 0 Å². The van der Waals surface area contributed by atoms with Gasteiger partial charge in [0.25, 0.3) is 5.91 Å². The zero-order valence-electron chi connectivity index (χ0n) is 10.3. The maximum Gasteiger partial charge on any atom is 0.416 e. The Morgan fingerprint density at radius 1 is 1.42 bits per heavy atom. The van der Waals surface area contributed by atoms with Crippen molar-refractivity contribution in [3.05, 3.63) is 35.1 Å². The first kappa shape index (κ1) is 15.8. The van der Waals surface area contributed by atoms with E-state index < -0.39 is 29.0 Å². The minimum atomic E-state index is -4.60. The van der Waals surface area contributed by atoms with Crippen molar-refractivity contribution in [3.63, 3.8) is 0 Å². The van der Waals surface area contributed by atoms with Crippen LogP contribution in [-0.2, 0) is 6.18 Å². The quantitative estimate of drug-likeness (QED) is 0.863. The second-order valence-corrected chi connectivity index (χ2v) is 5.22. The predicted octanol–water partition coefficient (Wildman–Crippen LogP) is 3.33. The molecule has 1 aromatic rings. The molecule has 0 aliphatic heterocycles. The van der Waals surface area contributed by atoms with E-state index in [1.807, 2.05) is 13.2 Å². The molecule has 0 radical (unpaired) electrons. The van der Waals surface area contributed by atoms with E-state index in [0.717, 1.165) is 0 Å². The number of carbonyl (C=O) groups is 1. The van der Waals surface area contributed by atoms with Gasteiger partial charge in [0, 0.05) is 11.8 Å². The van der Waals surface area contributed by atoms with Crippen LogP contribution in [0.4, 0.5) is 17.6 Å². The van der Waals surface area contributed by atoms with E-state index in [2.05, 4.69) is 5.32 Å². The first-order valence-electron chi connectivity index (χ1n) is 5.43. The molecule has 1 N–H and O–H groups in total. The molecule has 106 valence electrons. The van der Waals surface area contributed by atoms with Gasteiger partial charge >= 0.3 is 6.18 Å². The molecule has 19 heavy (non-hydrogen) atoms. The SMILES string of the molecule is CSC(C)CNC(=O)c1cc(C(F)(F)F)ccc1F. The highest BCUT2D eigenvalue weighted by atomic mass is 32.2. The van der Waals surface area contributed by atoms with Crippen LogP contribution in [0.1, 0.15) is 22.8 Å². The van der Waals surface area contributed by atoms with Crippen LogP contribution in [0.2, 0.25) is 0 Å². The number of hydrogen-bond donors (Lipinski definition) is 1. The summed E-state index contributed by atoms with van der Waals surface area (Å²) in [6, 6.07) is 1.78. The number of nitrogens with one attached hydrogen (secondary N) is 1. The maximum absolute atomic E-state index is 13.4. The summed E-state index contributed by atoms with van der Waals surface area (Å²) in [7, 11) is 0. The van der Waals surface area contributed by atoms with E-state index in [1.165, 1.54) is 11.8 Å². The van der Waals surface area contributed by atoms with Crippen molar-refractivity contribution in [1.29, 1.82) is 0 Å². The molecule has 0 aliphatic rings. The van der Waals surface area contributed by atoms with Crippen LogP contribution >= 0.6 is 11.8 Å². The molecule has 1 atom stereocenters. The van der Waals surface area contributed by atoms with Crippen LogP contribution in [-0.4, -0.2) is 24.0 Å². The van der Waals surface area contributed by atoms with Crippen molar-refractivity contribution in [2.75, 3.05) is 12.8 Å². The Morgan fingerprint density at radius 2 is 2.05 bits per heavy atom. The van der Waals surface area contributed by atoms with Gasteiger partial charge in [-0.1, -0.05) is 6.92 Å². The van der Waals surface area contributed by atoms with E-state index >= 15 is 0 Å². The molecule has 0 aliphatic carbocycles. The van der Waals surface area contributed by atoms with Crippen LogP contribution in [0.25, 0.3) is 0 Å². The summed E-state index contributed by atoms with van der Waals surface area (Å²) in [5, 5.41) is 2.50. The largest absolute Gasteiger partial charge is 0.416 e. The number of carbonyl (C=O) groups excluding carboxylic acids is 1. The molecule has 1 amide bonds. The van der Waals surface area contributed by atoms with Gasteiger partial charge in [-0.3, -0.25) is 4.79 Å². The van der Waals surface area contributed by atoms with Gasteiger partial charge in [0.1, 0.15) is 5.82 Å². The van der Waals surface area contributed by atoms with Crippen molar-refractivity contribution in [3.8, 4) is 0 Å². The summed E-state index contributed by atoms with van der Waals surface area (Å²) in [6.45, 7) is 2.10. The van der Waals surface area contributed by atoms with E-state index in [9.17, 15) is 22.4 Å². The van der Waals surface area contributed by atoms with Crippen molar-refractivity contribution in [2.45, 2.75) is 18.3 Å². The fourth-order valence-electron chi connectivity index (χ4n) is 1.29. The predicted molar refractivity (Wildman–Crippen MR) is 66.7 cm³/mol. The van der Waals surface area contributed by atoms with Gasteiger partial charge in [0.05, 0.1) is 11.1 Å². The Bertz CT molecular complexity index is 462. The molecule has 0 saturated carbocycles. The topological polar surface area (TPSA) is 29.1 Å². The molecule has 2 nitrogen and oxygen atoms in total. The second-order valence-electron chi connectivity index (χ2n) is 3.95. The minimum absolute atomic E-state index is 0.0952. The standard InChI is InChI=1S/C12H13F4NOS/c1-7(19-2)6-17-11(18)9-5-8(12(14,15)16)3-4-10(9)13/h3-5,7H,6H2,1-2H3,(H,17,18). The molecule has 1 aromatic carbocycles.